The van der Waals surface area contributed by atoms with Crippen LogP contribution in [0, 0.1) is 0 Å². The summed E-state index contributed by atoms with van der Waals surface area (Å²) in [6, 6.07) is 4.79. The number of pyridine rings is 1. The lowest BCUT2D eigenvalue weighted by atomic mass is 9.93. The van der Waals surface area contributed by atoms with Crippen molar-refractivity contribution in [2.75, 3.05) is 13.7 Å². The first-order valence-electron chi connectivity index (χ1n) is 6.56. The van der Waals surface area contributed by atoms with E-state index in [1.54, 1.807) is 0 Å². The summed E-state index contributed by atoms with van der Waals surface area (Å²) in [5.74, 6) is 0. The van der Waals surface area contributed by atoms with Gasteiger partial charge in [0.15, 0.2) is 0 Å². The SMILES string of the molecule is CNC1CCC(OCCc2cccnc2)CC1. The molecule has 1 N–H and O–H groups in total. The van der Waals surface area contributed by atoms with Crippen molar-refractivity contribution in [2.45, 2.75) is 44.2 Å². The summed E-state index contributed by atoms with van der Waals surface area (Å²) in [5, 5.41) is 3.34. The molecule has 1 aliphatic carbocycles. The molecule has 0 unspecified atom stereocenters. The van der Waals surface area contributed by atoms with Crippen LogP contribution in [0.5, 0.6) is 0 Å². The number of nitrogens with one attached hydrogen (secondary N) is 1. The van der Waals surface area contributed by atoms with Crippen LogP contribution >= 0.6 is 0 Å². The summed E-state index contributed by atoms with van der Waals surface area (Å²) >= 11 is 0. The fraction of sp³-hybridized carbons (Fsp3) is 0.643. The Morgan fingerprint density at radius 1 is 1.35 bits per heavy atom. The van der Waals surface area contributed by atoms with Gasteiger partial charge in [-0.1, -0.05) is 6.07 Å². The van der Waals surface area contributed by atoms with Crippen LogP contribution in [0.25, 0.3) is 0 Å². The topological polar surface area (TPSA) is 34.1 Å². The van der Waals surface area contributed by atoms with Crippen molar-refractivity contribution in [1.82, 2.24) is 10.3 Å². The summed E-state index contributed by atoms with van der Waals surface area (Å²) in [4.78, 5) is 4.11. The van der Waals surface area contributed by atoms with E-state index in [0.717, 1.165) is 13.0 Å². The monoisotopic (exact) mass is 234 g/mol. The maximum atomic E-state index is 5.92. The van der Waals surface area contributed by atoms with Crippen molar-refractivity contribution in [1.29, 1.82) is 0 Å². The van der Waals surface area contributed by atoms with E-state index in [4.69, 9.17) is 4.74 Å². The van der Waals surface area contributed by atoms with Gasteiger partial charge in [0.05, 0.1) is 12.7 Å². The number of rotatable bonds is 5. The van der Waals surface area contributed by atoms with Crippen molar-refractivity contribution in [3.8, 4) is 0 Å². The van der Waals surface area contributed by atoms with Crippen molar-refractivity contribution in [3.05, 3.63) is 30.1 Å². The Hall–Kier alpha value is -0.930. The first-order valence-corrected chi connectivity index (χ1v) is 6.56. The molecule has 2 rings (SSSR count). The zero-order valence-electron chi connectivity index (χ0n) is 10.6. The second-order valence-corrected chi connectivity index (χ2v) is 4.74. The summed E-state index contributed by atoms with van der Waals surface area (Å²) in [7, 11) is 2.05. The van der Waals surface area contributed by atoms with E-state index in [-0.39, 0.29) is 0 Å². The lowest BCUT2D eigenvalue weighted by molar-refractivity contribution is 0.0248. The van der Waals surface area contributed by atoms with Crippen LogP contribution in [0.4, 0.5) is 0 Å². The third-order valence-corrected chi connectivity index (χ3v) is 3.55. The average molecular weight is 234 g/mol. The third kappa shape index (κ3) is 4.10. The summed E-state index contributed by atoms with van der Waals surface area (Å²) in [6.07, 6.45) is 10.0. The van der Waals surface area contributed by atoms with E-state index in [1.165, 1.54) is 31.2 Å². The second kappa shape index (κ2) is 6.72. The fourth-order valence-electron chi connectivity index (χ4n) is 2.41. The number of aromatic nitrogens is 1. The van der Waals surface area contributed by atoms with Gasteiger partial charge in [-0.25, -0.2) is 0 Å². The van der Waals surface area contributed by atoms with E-state index in [0.29, 0.717) is 12.1 Å². The van der Waals surface area contributed by atoms with Gasteiger partial charge in [0, 0.05) is 18.4 Å². The minimum absolute atomic E-state index is 0.469. The molecule has 0 radical (unpaired) electrons. The molecule has 0 spiro atoms. The van der Waals surface area contributed by atoms with Crippen LogP contribution in [0.3, 0.4) is 0 Å². The third-order valence-electron chi connectivity index (χ3n) is 3.55. The zero-order chi connectivity index (χ0) is 11.9. The van der Waals surface area contributed by atoms with E-state index in [1.807, 2.05) is 25.5 Å². The Balaban J connectivity index is 1.63. The van der Waals surface area contributed by atoms with E-state index < -0.39 is 0 Å². The lowest BCUT2D eigenvalue weighted by Crippen LogP contribution is -2.33. The quantitative estimate of drug-likeness (QED) is 0.848. The molecule has 0 bridgehead atoms. The number of hydrogen-bond acceptors (Lipinski definition) is 3. The molecule has 1 aromatic heterocycles. The Morgan fingerprint density at radius 3 is 2.82 bits per heavy atom. The van der Waals surface area contributed by atoms with Crippen molar-refractivity contribution in [3.63, 3.8) is 0 Å². The van der Waals surface area contributed by atoms with Gasteiger partial charge in [0.25, 0.3) is 0 Å². The molecule has 0 amide bonds. The predicted molar refractivity (Wildman–Crippen MR) is 69.0 cm³/mol. The molecule has 0 aliphatic heterocycles. The molecule has 1 heterocycles. The first kappa shape index (κ1) is 12.5. The van der Waals surface area contributed by atoms with Crippen molar-refractivity contribution < 1.29 is 4.74 Å². The maximum absolute atomic E-state index is 5.92. The minimum Gasteiger partial charge on any atom is -0.378 e. The highest BCUT2D eigenvalue weighted by atomic mass is 16.5. The van der Waals surface area contributed by atoms with Gasteiger partial charge in [0.1, 0.15) is 0 Å². The van der Waals surface area contributed by atoms with Crippen LogP contribution < -0.4 is 5.32 Å². The van der Waals surface area contributed by atoms with Crippen LogP contribution in [-0.2, 0) is 11.2 Å². The molecule has 1 aromatic rings. The van der Waals surface area contributed by atoms with Gasteiger partial charge in [-0.15, -0.1) is 0 Å². The summed E-state index contributed by atoms with van der Waals surface area (Å²) in [6.45, 7) is 0.820. The highest BCUT2D eigenvalue weighted by molar-refractivity contribution is 5.08. The highest BCUT2D eigenvalue weighted by Gasteiger charge is 2.19. The second-order valence-electron chi connectivity index (χ2n) is 4.74. The molecule has 3 heteroatoms. The standard InChI is InChI=1S/C14H22N2O/c1-15-13-4-6-14(7-5-13)17-10-8-12-3-2-9-16-11-12/h2-3,9,11,13-15H,4-8,10H2,1H3. The van der Waals surface area contributed by atoms with E-state index in [9.17, 15) is 0 Å². The number of ether oxygens (including phenoxy) is 1. The highest BCUT2D eigenvalue weighted by Crippen LogP contribution is 2.21. The predicted octanol–water partition coefficient (Wildman–Crippen LogP) is 2.17. The Bertz CT molecular complexity index is 307. The molecule has 1 aliphatic rings. The summed E-state index contributed by atoms with van der Waals surface area (Å²) < 4.78 is 5.92. The molecule has 1 fully saturated rings. The molecule has 0 saturated heterocycles. The molecule has 3 nitrogen and oxygen atoms in total. The van der Waals surface area contributed by atoms with E-state index >= 15 is 0 Å². The summed E-state index contributed by atoms with van der Waals surface area (Å²) in [5.41, 5.74) is 1.26. The Labute approximate surface area is 104 Å². The molecular weight excluding hydrogens is 212 g/mol. The van der Waals surface area contributed by atoms with Crippen LogP contribution in [-0.4, -0.2) is 30.8 Å². The van der Waals surface area contributed by atoms with Crippen LogP contribution in [0.2, 0.25) is 0 Å². The number of hydrogen-bond donors (Lipinski definition) is 1. The van der Waals surface area contributed by atoms with Crippen molar-refractivity contribution >= 4 is 0 Å². The smallest absolute Gasteiger partial charge is 0.0576 e. The maximum Gasteiger partial charge on any atom is 0.0576 e. The van der Waals surface area contributed by atoms with E-state index in [2.05, 4.69) is 16.4 Å². The first-order chi connectivity index (χ1) is 8.38. The Kier molecular flexibility index (Phi) is 4.95. The van der Waals surface area contributed by atoms with Gasteiger partial charge in [0.2, 0.25) is 0 Å². The van der Waals surface area contributed by atoms with Gasteiger partial charge >= 0.3 is 0 Å². The van der Waals surface area contributed by atoms with Gasteiger partial charge in [-0.05, 0) is 50.8 Å². The average Bonchev–Trinajstić information content (AvgIpc) is 2.41. The van der Waals surface area contributed by atoms with Gasteiger partial charge in [-0.3, -0.25) is 4.98 Å². The minimum atomic E-state index is 0.469. The molecule has 0 atom stereocenters. The lowest BCUT2D eigenvalue weighted by Gasteiger charge is -2.28. The molecule has 1 saturated carbocycles. The van der Waals surface area contributed by atoms with Crippen molar-refractivity contribution in [2.24, 2.45) is 0 Å². The fourth-order valence-corrected chi connectivity index (χ4v) is 2.41. The molecule has 94 valence electrons. The van der Waals surface area contributed by atoms with Crippen LogP contribution in [0.15, 0.2) is 24.5 Å². The molecule has 17 heavy (non-hydrogen) atoms. The van der Waals surface area contributed by atoms with Gasteiger partial charge in [-0.2, -0.15) is 0 Å². The molecular formula is C14H22N2O. The number of nitrogens with zero attached hydrogens (tertiary/aromatic N) is 1. The van der Waals surface area contributed by atoms with Crippen LogP contribution in [0.1, 0.15) is 31.2 Å². The van der Waals surface area contributed by atoms with Gasteiger partial charge < -0.3 is 10.1 Å². The zero-order valence-corrected chi connectivity index (χ0v) is 10.6. The normalized spacial score (nSPS) is 24.8. The largest absolute Gasteiger partial charge is 0.378 e. The Morgan fingerprint density at radius 2 is 2.18 bits per heavy atom. The molecule has 0 aromatic carbocycles.